The van der Waals surface area contributed by atoms with Crippen molar-refractivity contribution in [2.24, 2.45) is 11.8 Å². The molecule has 1 aliphatic heterocycles. The molecule has 1 saturated heterocycles. The van der Waals surface area contributed by atoms with Gasteiger partial charge in [-0.05, 0) is 36.5 Å². The van der Waals surface area contributed by atoms with Crippen LogP contribution in [0.15, 0.2) is 33.2 Å². The summed E-state index contributed by atoms with van der Waals surface area (Å²) < 4.78 is 6.83. The molecule has 2 aromatic rings. The van der Waals surface area contributed by atoms with Gasteiger partial charge in [-0.15, -0.1) is 10.2 Å². The molecular formula is C16H20BrN3O. The summed E-state index contributed by atoms with van der Waals surface area (Å²) in [7, 11) is 0. The van der Waals surface area contributed by atoms with E-state index in [1.807, 2.05) is 24.3 Å². The summed E-state index contributed by atoms with van der Waals surface area (Å²) in [5.41, 5.74) is 0.948. The van der Waals surface area contributed by atoms with E-state index in [0.29, 0.717) is 11.8 Å². The fourth-order valence-corrected chi connectivity index (χ4v) is 3.57. The van der Waals surface area contributed by atoms with E-state index >= 15 is 0 Å². The van der Waals surface area contributed by atoms with Crippen LogP contribution >= 0.6 is 15.9 Å². The van der Waals surface area contributed by atoms with Gasteiger partial charge in [0.2, 0.25) is 11.8 Å². The van der Waals surface area contributed by atoms with Crippen molar-refractivity contribution in [3.8, 4) is 11.5 Å². The van der Waals surface area contributed by atoms with Crippen LogP contribution in [0.25, 0.3) is 11.5 Å². The van der Waals surface area contributed by atoms with Gasteiger partial charge in [-0.2, -0.15) is 0 Å². The maximum atomic E-state index is 5.81. The Kier molecular flexibility index (Phi) is 4.40. The van der Waals surface area contributed by atoms with Crippen molar-refractivity contribution in [2.45, 2.75) is 26.8 Å². The number of halogens is 1. The number of nitrogens with zero attached hydrogens (tertiary/aromatic N) is 3. The number of aromatic nitrogens is 2. The Bertz CT molecular complexity index is 603. The van der Waals surface area contributed by atoms with Crippen LogP contribution in [0.1, 0.15) is 26.2 Å². The first-order valence-electron chi connectivity index (χ1n) is 7.41. The molecule has 0 aliphatic carbocycles. The standard InChI is InChI=1S/C16H20BrN3O/c1-11-6-12(2)9-20(8-11)10-15-18-19-16(21-15)13-4-3-5-14(17)7-13/h3-5,7,11-12H,6,8-10H2,1-2H3. The van der Waals surface area contributed by atoms with Crippen molar-refractivity contribution < 1.29 is 4.42 Å². The fraction of sp³-hybridized carbons (Fsp3) is 0.500. The fourth-order valence-electron chi connectivity index (χ4n) is 3.17. The third kappa shape index (κ3) is 3.71. The molecule has 0 spiro atoms. The van der Waals surface area contributed by atoms with Crippen molar-refractivity contribution in [1.29, 1.82) is 0 Å². The molecule has 1 fully saturated rings. The zero-order valence-corrected chi connectivity index (χ0v) is 14.0. The van der Waals surface area contributed by atoms with Gasteiger partial charge in [-0.1, -0.05) is 35.8 Å². The molecular weight excluding hydrogens is 330 g/mol. The predicted molar refractivity (Wildman–Crippen MR) is 85.7 cm³/mol. The summed E-state index contributed by atoms with van der Waals surface area (Å²) >= 11 is 3.46. The molecule has 0 N–H and O–H groups in total. The molecule has 112 valence electrons. The average molecular weight is 350 g/mol. The highest BCUT2D eigenvalue weighted by Crippen LogP contribution is 2.24. The lowest BCUT2D eigenvalue weighted by Gasteiger charge is -2.33. The van der Waals surface area contributed by atoms with Gasteiger partial charge >= 0.3 is 0 Å². The van der Waals surface area contributed by atoms with E-state index in [4.69, 9.17) is 4.42 Å². The van der Waals surface area contributed by atoms with Crippen LogP contribution < -0.4 is 0 Å². The number of benzene rings is 1. The lowest BCUT2D eigenvalue weighted by molar-refractivity contribution is 0.124. The first kappa shape index (κ1) is 14.7. The van der Waals surface area contributed by atoms with Crippen LogP contribution in [0.2, 0.25) is 0 Å². The second-order valence-corrected chi connectivity index (χ2v) is 7.07. The molecule has 1 aromatic heterocycles. The molecule has 1 aliphatic rings. The molecule has 2 unspecified atom stereocenters. The maximum absolute atomic E-state index is 5.81. The average Bonchev–Trinajstić information content (AvgIpc) is 2.86. The normalized spacial score (nSPS) is 23.4. The second-order valence-electron chi connectivity index (χ2n) is 6.15. The number of rotatable bonds is 3. The van der Waals surface area contributed by atoms with Crippen LogP contribution in [0.4, 0.5) is 0 Å². The highest BCUT2D eigenvalue weighted by atomic mass is 79.9. The number of likely N-dealkylation sites (tertiary alicyclic amines) is 1. The van der Waals surface area contributed by atoms with Gasteiger partial charge in [-0.25, -0.2) is 0 Å². The zero-order chi connectivity index (χ0) is 14.8. The summed E-state index contributed by atoms with van der Waals surface area (Å²) in [6.45, 7) is 7.58. The molecule has 2 heterocycles. The quantitative estimate of drug-likeness (QED) is 0.840. The minimum atomic E-state index is 0.587. The van der Waals surface area contributed by atoms with Crippen molar-refractivity contribution in [3.05, 3.63) is 34.6 Å². The van der Waals surface area contributed by atoms with Crippen LogP contribution in [-0.4, -0.2) is 28.2 Å². The SMILES string of the molecule is CC1CC(C)CN(Cc2nnc(-c3cccc(Br)c3)o2)C1. The summed E-state index contributed by atoms with van der Waals surface area (Å²) in [6, 6.07) is 7.92. The molecule has 4 nitrogen and oxygen atoms in total. The lowest BCUT2D eigenvalue weighted by atomic mass is 9.92. The molecule has 1 aromatic carbocycles. The first-order chi connectivity index (χ1) is 10.1. The van der Waals surface area contributed by atoms with E-state index < -0.39 is 0 Å². The third-order valence-electron chi connectivity index (χ3n) is 3.84. The van der Waals surface area contributed by atoms with Gasteiger partial charge < -0.3 is 4.42 Å². The first-order valence-corrected chi connectivity index (χ1v) is 8.20. The number of hydrogen-bond donors (Lipinski definition) is 0. The van der Waals surface area contributed by atoms with Gasteiger partial charge in [0, 0.05) is 23.1 Å². The van der Waals surface area contributed by atoms with Crippen LogP contribution in [0, 0.1) is 11.8 Å². The van der Waals surface area contributed by atoms with E-state index in [0.717, 1.165) is 41.5 Å². The van der Waals surface area contributed by atoms with E-state index in [1.54, 1.807) is 0 Å². The summed E-state index contributed by atoms with van der Waals surface area (Å²) in [6.07, 6.45) is 1.31. The van der Waals surface area contributed by atoms with Gasteiger partial charge in [0.05, 0.1) is 6.54 Å². The molecule has 0 amide bonds. The summed E-state index contributed by atoms with van der Waals surface area (Å²) in [5, 5.41) is 8.36. The van der Waals surface area contributed by atoms with E-state index in [1.165, 1.54) is 6.42 Å². The summed E-state index contributed by atoms with van der Waals surface area (Å²) in [5.74, 6) is 2.76. The molecule has 0 bridgehead atoms. The highest BCUT2D eigenvalue weighted by molar-refractivity contribution is 9.10. The molecule has 5 heteroatoms. The van der Waals surface area contributed by atoms with Crippen LogP contribution in [0.5, 0.6) is 0 Å². The minimum Gasteiger partial charge on any atom is -0.419 e. The van der Waals surface area contributed by atoms with Gasteiger partial charge in [0.15, 0.2) is 0 Å². The van der Waals surface area contributed by atoms with Gasteiger partial charge in [0.25, 0.3) is 0 Å². The molecule has 21 heavy (non-hydrogen) atoms. The molecule has 3 rings (SSSR count). The monoisotopic (exact) mass is 349 g/mol. The Morgan fingerprint density at radius 1 is 1.24 bits per heavy atom. The van der Waals surface area contributed by atoms with E-state index in [-0.39, 0.29) is 0 Å². The molecule has 2 atom stereocenters. The van der Waals surface area contributed by atoms with Gasteiger partial charge in [0.1, 0.15) is 0 Å². The Morgan fingerprint density at radius 3 is 2.71 bits per heavy atom. The maximum Gasteiger partial charge on any atom is 0.247 e. The lowest BCUT2D eigenvalue weighted by Crippen LogP contribution is -2.38. The largest absolute Gasteiger partial charge is 0.419 e. The zero-order valence-electron chi connectivity index (χ0n) is 12.4. The van der Waals surface area contributed by atoms with E-state index in [9.17, 15) is 0 Å². The Hall–Kier alpha value is -1.20. The summed E-state index contributed by atoms with van der Waals surface area (Å²) in [4.78, 5) is 2.41. The van der Waals surface area contributed by atoms with Crippen molar-refractivity contribution >= 4 is 15.9 Å². The highest BCUT2D eigenvalue weighted by Gasteiger charge is 2.23. The van der Waals surface area contributed by atoms with Crippen molar-refractivity contribution in [2.75, 3.05) is 13.1 Å². The second kappa shape index (κ2) is 6.28. The van der Waals surface area contributed by atoms with Crippen molar-refractivity contribution in [1.82, 2.24) is 15.1 Å². The number of hydrogen-bond acceptors (Lipinski definition) is 4. The van der Waals surface area contributed by atoms with Crippen LogP contribution in [-0.2, 0) is 6.54 Å². The Balaban J connectivity index is 1.70. The Morgan fingerprint density at radius 2 is 2.00 bits per heavy atom. The molecule has 0 radical (unpaired) electrons. The smallest absolute Gasteiger partial charge is 0.247 e. The van der Waals surface area contributed by atoms with Crippen LogP contribution in [0.3, 0.4) is 0 Å². The van der Waals surface area contributed by atoms with Gasteiger partial charge in [-0.3, -0.25) is 4.90 Å². The Labute approximate surface area is 133 Å². The topological polar surface area (TPSA) is 42.2 Å². The minimum absolute atomic E-state index is 0.587. The number of piperidine rings is 1. The van der Waals surface area contributed by atoms with E-state index in [2.05, 4.69) is 44.9 Å². The molecule has 0 saturated carbocycles. The third-order valence-corrected chi connectivity index (χ3v) is 4.34. The van der Waals surface area contributed by atoms with Crippen molar-refractivity contribution in [3.63, 3.8) is 0 Å². The predicted octanol–water partition coefficient (Wildman–Crippen LogP) is 3.98.